The van der Waals surface area contributed by atoms with Crippen molar-refractivity contribution in [2.75, 3.05) is 6.61 Å². The van der Waals surface area contributed by atoms with Gasteiger partial charge in [0.2, 0.25) is 0 Å². The molecule has 0 radical (unpaired) electrons. The molecule has 0 spiro atoms. The molecule has 6 nitrogen and oxygen atoms in total. The second-order valence-corrected chi connectivity index (χ2v) is 5.24. The Kier molecular flexibility index (Phi) is 7.14. The smallest absolute Gasteiger partial charge is 0.412 e. The summed E-state index contributed by atoms with van der Waals surface area (Å²) in [6, 6.07) is -0.556. The van der Waals surface area contributed by atoms with Crippen LogP contribution < -0.4 is 5.32 Å². The number of rotatable bonds is 6. The number of esters is 1. The first-order valence-electron chi connectivity index (χ1n) is 6.10. The number of carbonyl (C=O) groups excluding carboxylic acids is 2. The molecule has 0 saturated carbocycles. The van der Waals surface area contributed by atoms with E-state index in [4.69, 9.17) is 14.6 Å². The van der Waals surface area contributed by atoms with Crippen LogP contribution >= 0.6 is 0 Å². The molecule has 0 aromatic heterocycles. The lowest BCUT2D eigenvalue weighted by molar-refractivity contribution is -0.155. The standard InChI is InChI=1S/C13H23NO5/c1-9(2)18-12(17)14-10(8-15)6-7-11(16)19-13(3,4)5/h10,15H,1,6-8H2,2-5H3,(H,14,17)/t10-/m1/s1. The Morgan fingerprint density at radius 3 is 2.37 bits per heavy atom. The Bertz CT molecular complexity index is 332. The summed E-state index contributed by atoms with van der Waals surface area (Å²) >= 11 is 0. The SMILES string of the molecule is C=C(C)OC(=O)N[C@@H](CO)CCC(=O)OC(C)(C)C. The molecule has 0 heterocycles. The second kappa shape index (κ2) is 7.78. The van der Waals surface area contributed by atoms with Gasteiger partial charge in [0.05, 0.1) is 18.4 Å². The lowest BCUT2D eigenvalue weighted by Crippen LogP contribution is -2.38. The van der Waals surface area contributed by atoms with Crippen molar-refractivity contribution in [3.8, 4) is 0 Å². The van der Waals surface area contributed by atoms with E-state index in [2.05, 4.69) is 11.9 Å². The first-order chi connectivity index (χ1) is 8.64. The third kappa shape index (κ3) is 10.1. The summed E-state index contributed by atoms with van der Waals surface area (Å²) < 4.78 is 9.82. The Balaban J connectivity index is 4.10. The third-order valence-electron chi connectivity index (χ3n) is 1.93. The van der Waals surface area contributed by atoms with Crippen molar-refractivity contribution >= 4 is 12.1 Å². The normalized spacial score (nSPS) is 12.5. The summed E-state index contributed by atoms with van der Waals surface area (Å²) in [6.07, 6.45) is -0.317. The number of amides is 1. The molecule has 1 atom stereocenters. The van der Waals surface area contributed by atoms with Gasteiger partial charge in [-0.05, 0) is 34.1 Å². The van der Waals surface area contributed by atoms with Crippen LogP contribution in [0.1, 0.15) is 40.5 Å². The van der Waals surface area contributed by atoms with E-state index in [1.807, 2.05) is 0 Å². The highest BCUT2D eigenvalue weighted by atomic mass is 16.6. The van der Waals surface area contributed by atoms with E-state index in [0.717, 1.165) is 0 Å². The summed E-state index contributed by atoms with van der Waals surface area (Å²) in [4.78, 5) is 22.8. The minimum absolute atomic E-state index is 0.107. The Hall–Kier alpha value is -1.56. The van der Waals surface area contributed by atoms with E-state index >= 15 is 0 Å². The van der Waals surface area contributed by atoms with Crippen molar-refractivity contribution in [2.24, 2.45) is 0 Å². The van der Waals surface area contributed by atoms with Crippen LogP contribution in [0.3, 0.4) is 0 Å². The summed E-state index contributed by atoms with van der Waals surface area (Å²) in [5, 5.41) is 11.5. The highest BCUT2D eigenvalue weighted by Gasteiger charge is 2.19. The van der Waals surface area contributed by atoms with Crippen LogP contribution in [0.25, 0.3) is 0 Å². The van der Waals surface area contributed by atoms with E-state index in [-0.39, 0.29) is 31.2 Å². The molecule has 19 heavy (non-hydrogen) atoms. The molecule has 0 unspecified atom stereocenters. The van der Waals surface area contributed by atoms with Gasteiger partial charge in [-0.15, -0.1) is 0 Å². The molecule has 110 valence electrons. The largest absolute Gasteiger partial charge is 0.460 e. The number of carbonyl (C=O) groups is 2. The number of nitrogens with one attached hydrogen (secondary N) is 1. The van der Waals surface area contributed by atoms with Crippen LogP contribution in [0.15, 0.2) is 12.3 Å². The maximum atomic E-state index is 11.5. The van der Waals surface area contributed by atoms with E-state index in [1.165, 1.54) is 6.92 Å². The monoisotopic (exact) mass is 273 g/mol. The van der Waals surface area contributed by atoms with Crippen LogP contribution in [-0.2, 0) is 14.3 Å². The van der Waals surface area contributed by atoms with Gasteiger partial charge in [0.25, 0.3) is 0 Å². The fourth-order valence-electron chi connectivity index (χ4n) is 1.25. The number of ether oxygens (including phenoxy) is 2. The molecule has 2 N–H and O–H groups in total. The molecule has 1 amide bonds. The van der Waals surface area contributed by atoms with E-state index in [1.54, 1.807) is 20.8 Å². The first-order valence-corrected chi connectivity index (χ1v) is 6.10. The summed E-state index contributed by atoms with van der Waals surface area (Å²) in [6.45, 7) is 10.00. The maximum absolute atomic E-state index is 11.5. The average molecular weight is 273 g/mol. The van der Waals surface area contributed by atoms with Gasteiger partial charge in [0.15, 0.2) is 0 Å². The predicted molar refractivity (Wildman–Crippen MR) is 70.4 cm³/mol. The number of hydrogen-bond donors (Lipinski definition) is 2. The lowest BCUT2D eigenvalue weighted by atomic mass is 10.1. The van der Waals surface area contributed by atoms with Crippen molar-refractivity contribution in [1.82, 2.24) is 5.32 Å². The average Bonchev–Trinajstić information content (AvgIpc) is 2.20. The van der Waals surface area contributed by atoms with Gasteiger partial charge in [-0.25, -0.2) is 4.79 Å². The molecule has 0 aliphatic rings. The molecule has 0 fully saturated rings. The molecule has 6 heteroatoms. The van der Waals surface area contributed by atoms with Crippen molar-refractivity contribution < 1.29 is 24.2 Å². The molecule has 0 rings (SSSR count). The topological polar surface area (TPSA) is 84.9 Å². The first kappa shape index (κ1) is 17.4. The van der Waals surface area contributed by atoms with Crippen molar-refractivity contribution in [3.05, 3.63) is 12.3 Å². The molecule has 0 aromatic rings. The lowest BCUT2D eigenvalue weighted by Gasteiger charge is -2.20. The van der Waals surface area contributed by atoms with Crippen LogP contribution in [0.5, 0.6) is 0 Å². The zero-order valence-electron chi connectivity index (χ0n) is 12.0. The predicted octanol–water partition coefficient (Wildman–Crippen LogP) is 1.73. The molecule has 0 aromatic carbocycles. The minimum atomic E-state index is -0.698. The number of aliphatic hydroxyl groups is 1. The van der Waals surface area contributed by atoms with Gasteiger partial charge in [0, 0.05) is 6.42 Å². The fraction of sp³-hybridized carbons (Fsp3) is 0.692. The summed E-state index contributed by atoms with van der Waals surface area (Å²) in [5.74, 6) is -0.123. The van der Waals surface area contributed by atoms with Gasteiger partial charge < -0.3 is 19.9 Å². The Morgan fingerprint density at radius 2 is 1.95 bits per heavy atom. The third-order valence-corrected chi connectivity index (χ3v) is 1.93. The molecule has 0 bridgehead atoms. The van der Waals surface area contributed by atoms with Crippen molar-refractivity contribution in [3.63, 3.8) is 0 Å². The molecule has 0 saturated heterocycles. The van der Waals surface area contributed by atoms with Gasteiger partial charge in [0.1, 0.15) is 5.60 Å². The molecule has 0 aliphatic heterocycles. The summed E-state index contributed by atoms with van der Waals surface area (Å²) in [5.41, 5.74) is -0.544. The van der Waals surface area contributed by atoms with Crippen LogP contribution in [0.2, 0.25) is 0 Å². The molecule has 0 aliphatic carbocycles. The number of allylic oxidation sites excluding steroid dienone is 1. The second-order valence-electron chi connectivity index (χ2n) is 5.24. The van der Waals surface area contributed by atoms with Gasteiger partial charge in [-0.2, -0.15) is 0 Å². The molecular weight excluding hydrogens is 250 g/mol. The van der Waals surface area contributed by atoms with Gasteiger partial charge >= 0.3 is 12.1 Å². The number of aliphatic hydroxyl groups excluding tert-OH is 1. The van der Waals surface area contributed by atoms with Crippen molar-refractivity contribution in [1.29, 1.82) is 0 Å². The quantitative estimate of drug-likeness (QED) is 0.568. The van der Waals surface area contributed by atoms with Crippen LogP contribution in [0.4, 0.5) is 4.79 Å². The van der Waals surface area contributed by atoms with Crippen LogP contribution in [-0.4, -0.2) is 35.4 Å². The van der Waals surface area contributed by atoms with Gasteiger partial charge in [-0.3, -0.25) is 4.79 Å². The van der Waals surface area contributed by atoms with E-state index < -0.39 is 17.7 Å². The highest BCUT2D eigenvalue weighted by molar-refractivity contribution is 5.70. The van der Waals surface area contributed by atoms with Crippen molar-refractivity contribution in [2.45, 2.75) is 52.2 Å². The minimum Gasteiger partial charge on any atom is -0.460 e. The van der Waals surface area contributed by atoms with E-state index in [0.29, 0.717) is 0 Å². The summed E-state index contributed by atoms with van der Waals surface area (Å²) in [7, 11) is 0. The Labute approximate surface area is 113 Å². The Morgan fingerprint density at radius 1 is 1.37 bits per heavy atom. The molecular formula is C13H23NO5. The zero-order valence-corrected chi connectivity index (χ0v) is 12.0. The van der Waals surface area contributed by atoms with Crippen LogP contribution in [0, 0.1) is 0 Å². The number of alkyl carbamates (subject to hydrolysis) is 1. The zero-order chi connectivity index (χ0) is 15.1. The van der Waals surface area contributed by atoms with Gasteiger partial charge in [-0.1, -0.05) is 6.58 Å². The maximum Gasteiger partial charge on any atom is 0.412 e. The highest BCUT2D eigenvalue weighted by Crippen LogP contribution is 2.10. The van der Waals surface area contributed by atoms with E-state index in [9.17, 15) is 9.59 Å². The fourth-order valence-corrected chi connectivity index (χ4v) is 1.25. The number of hydrogen-bond acceptors (Lipinski definition) is 5.